The standard InChI is InChI=1S/C11H16N4O/c1-4-16-9(10-12-5-7-14(10)2)11-13-6-8-15(11)3/h5-9H,4H2,1-3H3. The summed E-state index contributed by atoms with van der Waals surface area (Å²) in [6.07, 6.45) is 7.15. The molecule has 86 valence electrons. The van der Waals surface area contributed by atoms with Crippen LogP contribution in [0.3, 0.4) is 0 Å². The molecule has 0 aliphatic rings. The van der Waals surface area contributed by atoms with E-state index in [0.29, 0.717) is 6.61 Å². The highest BCUT2D eigenvalue weighted by Gasteiger charge is 2.22. The van der Waals surface area contributed by atoms with Crippen molar-refractivity contribution in [3.05, 3.63) is 36.4 Å². The Morgan fingerprint density at radius 2 is 1.62 bits per heavy atom. The highest BCUT2D eigenvalue weighted by atomic mass is 16.5. The van der Waals surface area contributed by atoms with Crippen molar-refractivity contribution in [2.24, 2.45) is 14.1 Å². The van der Waals surface area contributed by atoms with Crippen molar-refractivity contribution in [2.45, 2.75) is 13.0 Å². The molecule has 16 heavy (non-hydrogen) atoms. The van der Waals surface area contributed by atoms with Gasteiger partial charge in [0.05, 0.1) is 0 Å². The summed E-state index contributed by atoms with van der Waals surface area (Å²) in [5.74, 6) is 1.74. The summed E-state index contributed by atoms with van der Waals surface area (Å²) >= 11 is 0. The molecule has 2 rings (SSSR count). The lowest BCUT2D eigenvalue weighted by atomic mass is 10.3. The van der Waals surface area contributed by atoms with Crippen LogP contribution >= 0.6 is 0 Å². The van der Waals surface area contributed by atoms with Crippen LogP contribution in [0.25, 0.3) is 0 Å². The Bertz CT molecular complexity index is 420. The third-order valence-electron chi connectivity index (χ3n) is 2.52. The van der Waals surface area contributed by atoms with Gasteiger partial charge in [0.2, 0.25) is 0 Å². The van der Waals surface area contributed by atoms with E-state index >= 15 is 0 Å². The van der Waals surface area contributed by atoms with Gasteiger partial charge in [-0.15, -0.1) is 0 Å². The minimum atomic E-state index is -0.204. The van der Waals surface area contributed by atoms with Crippen molar-refractivity contribution in [3.63, 3.8) is 0 Å². The monoisotopic (exact) mass is 220 g/mol. The Hall–Kier alpha value is -1.62. The Labute approximate surface area is 94.7 Å². The predicted octanol–water partition coefficient (Wildman–Crippen LogP) is 1.28. The highest BCUT2D eigenvalue weighted by Crippen LogP contribution is 2.22. The normalized spacial score (nSPS) is 11.2. The maximum atomic E-state index is 5.73. The van der Waals surface area contributed by atoms with Gasteiger partial charge in [-0.25, -0.2) is 9.97 Å². The molecule has 0 aliphatic carbocycles. The Morgan fingerprint density at radius 3 is 1.94 bits per heavy atom. The number of nitrogens with zero attached hydrogens (tertiary/aromatic N) is 4. The van der Waals surface area contributed by atoms with Crippen LogP contribution in [-0.4, -0.2) is 25.7 Å². The van der Waals surface area contributed by atoms with E-state index in [9.17, 15) is 0 Å². The van der Waals surface area contributed by atoms with Crippen LogP contribution in [0, 0.1) is 0 Å². The molecule has 0 unspecified atom stereocenters. The zero-order valence-electron chi connectivity index (χ0n) is 9.79. The number of hydrogen-bond acceptors (Lipinski definition) is 3. The van der Waals surface area contributed by atoms with Crippen LogP contribution < -0.4 is 0 Å². The Balaban J connectivity index is 2.39. The van der Waals surface area contributed by atoms with Gasteiger partial charge in [0.25, 0.3) is 0 Å². The molecule has 2 heterocycles. The first-order chi connectivity index (χ1) is 7.74. The number of ether oxygens (including phenoxy) is 1. The lowest BCUT2D eigenvalue weighted by Crippen LogP contribution is -2.15. The molecule has 0 radical (unpaired) electrons. The first-order valence-corrected chi connectivity index (χ1v) is 5.30. The number of hydrogen-bond donors (Lipinski definition) is 0. The summed E-state index contributed by atoms with van der Waals surface area (Å²) in [5.41, 5.74) is 0. The smallest absolute Gasteiger partial charge is 0.173 e. The van der Waals surface area contributed by atoms with Gasteiger partial charge in [-0.1, -0.05) is 0 Å². The highest BCUT2D eigenvalue weighted by molar-refractivity contribution is 5.10. The average molecular weight is 220 g/mol. The van der Waals surface area contributed by atoms with E-state index in [1.807, 2.05) is 42.5 Å². The quantitative estimate of drug-likeness (QED) is 0.779. The van der Waals surface area contributed by atoms with Crippen molar-refractivity contribution in [2.75, 3.05) is 6.61 Å². The van der Waals surface area contributed by atoms with Crippen molar-refractivity contribution < 1.29 is 4.74 Å². The molecular weight excluding hydrogens is 204 g/mol. The van der Waals surface area contributed by atoms with Crippen LogP contribution in [-0.2, 0) is 18.8 Å². The van der Waals surface area contributed by atoms with Crippen molar-refractivity contribution in [3.8, 4) is 0 Å². The predicted molar refractivity (Wildman–Crippen MR) is 59.9 cm³/mol. The molecule has 0 amide bonds. The summed E-state index contributed by atoms with van der Waals surface area (Å²) in [6.45, 7) is 2.60. The topological polar surface area (TPSA) is 44.9 Å². The minimum Gasteiger partial charge on any atom is -0.363 e. The summed E-state index contributed by atoms with van der Waals surface area (Å²) < 4.78 is 9.63. The van der Waals surface area contributed by atoms with Crippen LogP contribution in [0.15, 0.2) is 24.8 Å². The minimum absolute atomic E-state index is 0.204. The molecule has 0 N–H and O–H groups in total. The van der Waals surface area contributed by atoms with E-state index in [0.717, 1.165) is 11.6 Å². The molecular formula is C11H16N4O. The van der Waals surface area contributed by atoms with E-state index in [2.05, 4.69) is 9.97 Å². The molecule has 0 spiro atoms. The van der Waals surface area contributed by atoms with Crippen molar-refractivity contribution in [1.82, 2.24) is 19.1 Å². The van der Waals surface area contributed by atoms with Gasteiger partial charge in [-0.2, -0.15) is 0 Å². The summed E-state index contributed by atoms with van der Waals surface area (Å²) in [5, 5.41) is 0. The second-order valence-electron chi connectivity index (χ2n) is 3.63. The second kappa shape index (κ2) is 4.49. The SMILES string of the molecule is CCOC(c1nccn1C)c1nccn1C. The van der Waals surface area contributed by atoms with E-state index in [-0.39, 0.29) is 6.10 Å². The lowest BCUT2D eigenvalue weighted by Gasteiger charge is -2.16. The number of aromatic nitrogens is 4. The van der Waals surface area contributed by atoms with E-state index in [1.54, 1.807) is 12.4 Å². The van der Waals surface area contributed by atoms with E-state index in [1.165, 1.54) is 0 Å². The summed E-state index contributed by atoms with van der Waals surface area (Å²) in [7, 11) is 3.91. The number of rotatable bonds is 4. The molecule has 5 nitrogen and oxygen atoms in total. The van der Waals surface area contributed by atoms with E-state index in [4.69, 9.17) is 4.74 Å². The van der Waals surface area contributed by atoms with Gasteiger partial charge in [0.1, 0.15) is 11.6 Å². The molecule has 0 fully saturated rings. The lowest BCUT2D eigenvalue weighted by molar-refractivity contribution is 0.0752. The van der Waals surface area contributed by atoms with Crippen molar-refractivity contribution >= 4 is 0 Å². The molecule has 0 saturated carbocycles. The number of imidazole rings is 2. The maximum Gasteiger partial charge on any atom is 0.173 e. The molecule has 0 bridgehead atoms. The summed E-state index contributed by atoms with van der Waals surface area (Å²) in [6, 6.07) is 0. The molecule has 0 atom stereocenters. The van der Waals surface area contributed by atoms with Crippen LogP contribution in [0.4, 0.5) is 0 Å². The van der Waals surface area contributed by atoms with Crippen molar-refractivity contribution in [1.29, 1.82) is 0 Å². The van der Waals surface area contributed by atoms with Gasteiger partial charge in [-0.05, 0) is 6.92 Å². The largest absolute Gasteiger partial charge is 0.363 e. The fourth-order valence-electron chi connectivity index (χ4n) is 1.69. The molecule has 0 aromatic carbocycles. The first kappa shape index (κ1) is 10.9. The van der Waals surface area contributed by atoms with Gasteiger partial charge in [-0.3, -0.25) is 0 Å². The van der Waals surface area contributed by atoms with Gasteiger partial charge < -0.3 is 13.9 Å². The number of aryl methyl sites for hydroxylation is 2. The average Bonchev–Trinajstić information content (AvgIpc) is 2.84. The Morgan fingerprint density at radius 1 is 1.12 bits per heavy atom. The molecule has 2 aromatic rings. The fraction of sp³-hybridized carbons (Fsp3) is 0.455. The molecule has 2 aromatic heterocycles. The van der Waals surface area contributed by atoms with Crippen LogP contribution in [0.2, 0.25) is 0 Å². The third kappa shape index (κ3) is 1.86. The van der Waals surface area contributed by atoms with E-state index < -0.39 is 0 Å². The Kier molecular flexibility index (Phi) is 3.05. The van der Waals surface area contributed by atoms with Gasteiger partial charge in [0.15, 0.2) is 6.10 Å². The zero-order chi connectivity index (χ0) is 11.5. The van der Waals surface area contributed by atoms with Gasteiger partial charge >= 0.3 is 0 Å². The zero-order valence-corrected chi connectivity index (χ0v) is 9.79. The maximum absolute atomic E-state index is 5.73. The molecule has 5 heteroatoms. The third-order valence-corrected chi connectivity index (χ3v) is 2.52. The molecule has 0 saturated heterocycles. The summed E-state index contributed by atoms with van der Waals surface area (Å²) in [4.78, 5) is 8.63. The van der Waals surface area contributed by atoms with Crippen LogP contribution in [0.5, 0.6) is 0 Å². The van der Waals surface area contributed by atoms with Crippen LogP contribution in [0.1, 0.15) is 24.7 Å². The fourth-order valence-corrected chi connectivity index (χ4v) is 1.69. The second-order valence-corrected chi connectivity index (χ2v) is 3.63. The van der Waals surface area contributed by atoms with Gasteiger partial charge in [0, 0.05) is 45.5 Å². The first-order valence-electron chi connectivity index (χ1n) is 5.30. The molecule has 0 aliphatic heterocycles.